The second kappa shape index (κ2) is 246. The summed E-state index contributed by atoms with van der Waals surface area (Å²) in [7, 11) is 0. The second-order valence-corrected chi connectivity index (χ2v) is 0. The molecule has 0 fully saturated rings. The minimum atomic E-state index is 0. The molecule has 0 rings (SSSR count). The minimum absolute atomic E-state index is 0. The van der Waals surface area contributed by atoms with E-state index >= 15 is 0 Å². The molecule has 0 aliphatic rings. The van der Waals surface area contributed by atoms with Crippen LogP contribution >= 0.6 is 0 Å². The Morgan fingerprint density at radius 3 is 0.636 bits per heavy atom. The van der Waals surface area contributed by atoms with Crippen molar-refractivity contribution in [1.29, 1.82) is 0 Å². The zero-order valence-electron chi connectivity index (χ0n) is 4.03. The van der Waals surface area contributed by atoms with Gasteiger partial charge in [-0.3, -0.25) is 0 Å². The third-order valence-electron chi connectivity index (χ3n) is 0. The van der Waals surface area contributed by atoms with Gasteiger partial charge < -0.3 is 11.0 Å². The summed E-state index contributed by atoms with van der Waals surface area (Å²) < 4.78 is 0. The van der Waals surface area contributed by atoms with Crippen molar-refractivity contribution in [3.8, 4) is 0 Å². The van der Waals surface area contributed by atoms with Crippen molar-refractivity contribution in [3.63, 3.8) is 0 Å². The molecule has 0 amide bonds. The Bertz CT molecular complexity index is 14.5. The molecule has 0 atom stereocenters. The van der Waals surface area contributed by atoms with Crippen molar-refractivity contribution in [3.05, 3.63) is 9.93 Å². The summed E-state index contributed by atoms with van der Waals surface area (Å²) in [5.41, 5.74) is 0. The van der Waals surface area contributed by atoms with E-state index < -0.39 is 0 Å². The van der Waals surface area contributed by atoms with E-state index in [4.69, 9.17) is 9.93 Å². The molecule has 0 saturated carbocycles. The molecule has 4 nitrogen and oxygen atoms in total. The SMILES string of the molecule is C.O.O=O.[Mn+2].[Mn+2].[Mn+2].[Mn+3].[Mn+3].[Mn+3].[OH-]. The maximum Gasteiger partial charge on any atom is 3.00 e. The van der Waals surface area contributed by atoms with Gasteiger partial charge in [-0.2, -0.15) is 0 Å². The van der Waals surface area contributed by atoms with Crippen LogP contribution in [0, 0.1) is 9.93 Å². The maximum absolute atomic E-state index is 7.00. The van der Waals surface area contributed by atoms with Crippen LogP contribution in [0.25, 0.3) is 0 Å². The van der Waals surface area contributed by atoms with Gasteiger partial charge in [0.15, 0.2) is 0 Å². The predicted octanol–water partition coefficient (Wildman–Crippen LogP) is -0.313. The fraction of sp³-hybridized carbons (Fsp3) is 1.00. The van der Waals surface area contributed by atoms with Gasteiger partial charge in [-0.25, -0.2) is 0 Å². The molecule has 0 aliphatic heterocycles. The number of hydrogen-bond acceptors (Lipinski definition) is 3. The van der Waals surface area contributed by atoms with E-state index in [1.54, 1.807) is 0 Å². The summed E-state index contributed by atoms with van der Waals surface area (Å²) in [5, 5.41) is 0. The van der Waals surface area contributed by atoms with Crippen LogP contribution in [0.3, 0.4) is 0 Å². The Hall–Kier alpha value is 2.64. The summed E-state index contributed by atoms with van der Waals surface area (Å²) >= 11 is 0. The average Bonchev–Trinajstić information content (AvgIpc) is 1.00. The van der Waals surface area contributed by atoms with Gasteiger partial charge in [-0.05, 0) is 0 Å². The Morgan fingerprint density at radius 2 is 0.636 bits per heavy atom. The van der Waals surface area contributed by atoms with Crippen molar-refractivity contribution in [1.82, 2.24) is 0 Å². The summed E-state index contributed by atoms with van der Waals surface area (Å²) in [6.07, 6.45) is 0. The summed E-state index contributed by atoms with van der Waals surface area (Å²) in [4.78, 5) is 14.0. The van der Waals surface area contributed by atoms with Gasteiger partial charge in [0.2, 0.25) is 0 Å². The van der Waals surface area contributed by atoms with Crippen LogP contribution in [0.15, 0.2) is 0 Å². The first-order valence-corrected chi connectivity index (χ1v) is 0.167. The molecule has 0 aromatic rings. The summed E-state index contributed by atoms with van der Waals surface area (Å²) in [6, 6.07) is 0. The quantitative estimate of drug-likeness (QED) is 0.510. The van der Waals surface area contributed by atoms with Crippen LogP contribution in [0.2, 0.25) is 0 Å². The fourth-order valence-electron chi connectivity index (χ4n) is 0. The van der Waals surface area contributed by atoms with Crippen molar-refractivity contribution in [2.45, 2.75) is 7.43 Å². The van der Waals surface area contributed by atoms with Crippen LogP contribution in [-0.4, -0.2) is 11.0 Å². The molecule has 10 heteroatoms. The molecule has 0 aromatic carbocycles. The molecule has 0 aliphatic carbocycles. The molecule has 0 heterocycles. The Labute approximate surface area is 129 Å². The molecular weight excluding hydrogens is 406 g/mol. The number of hydrogen-bond donors (Lipinski definition) is 0. The maximum atomic E-state index is 7.00. The standard InChI is InChI=1S/CH4.6Mn.O2.2H2O/c;;;;;;;1-2;;/h1H4;;;;;;;;2*1H2/q;3*+2;3*+3;;;/p-1. The van der Waals surface area contributed by atoms with E-state index in [0.717, 1.165) is 0 Å². The third-order valence-corrected chi connectivity index (χ3v) is 0. The topological polar surface area (TPSA) is 95.6 Å². The van der Waals surface area contributed by atoms with E-state index in [1.807, 2.05) is 0 Å². The Balaban J connectivity index is -0.000000000139. The Morgan fingerprint density at radius 1 is 0.636 bits per heavy atom. The van der Waals surface area contributed by atoms with E-state index in [0.29, 0.717) is 0 Å². The minimum Gasteiger partial charge on any atom is -0.870 e. The zero-order valence-corrected chi connectivity index (χ0v) is 11.1. The van der Waals surface area contributed by atoms with Gasteiger partial charge in [0.25, 0.3) is 0 Å². The first-order valence-electron chi connectivity index (χ1n) is 0.167. The molecule has 0 bridgehead atoms. The van der Waals surface area contributed by atoms with Gasteiger partial charge in [0, 0.05) is 9.93 Å². The average molecular weight is 413 g/mol. The van der Waals surface area contributed by atoms with Gasteiger partial charge >= 0.3 is 102 Å². The van der Waals surface area contributed by atoms with Gasteiger partial charge in [-0.1, -0.05) is 7.43 Å². The number of rotatable bonds is 0. The van der Waals surface area contributed by atoms with Crippen LogP contribution in [-0.2, 0) is 102 Å². The summed E-state index contributed by atoms with van der Waals surface area (Å²) in [5.74, 6) is 0. The molecule has 0 aromatic heterocycles. The first-order chi connectivity index (χ1) is 1.00. The van der Waals surface area contributed by atoms with Crippen molar-refractivity contribution in [2.75, 3.05) is 0 Å². The van der Waals surface area contributed by atoms with Gasteiger partial charge in [-0.15, -0.1) is 0 Å². The normalized spacial score (nSPS) is 0.364. The van der Waals surface area contributed by atoms with Crippen LogP contribution in [0.5, 0.6) is 0 Å². The third kappa shape index (κ3) is 206. The first kappa shape index (κ1) is 165. The van der Waals surface area contributed by atoms with E-state index in [9.17, 15) is 0 Å². The fourth-order valence-corrected chi connectivity index (χ4v) is 0. The molecule has 0 saturated heterocycles. The molecule has 63 valence electrons. The molecule has 0 unspecified atom stereocenters. The molecule has 11 heavy (non-hydrogen) atoms. The Kier molecular flexibility index (Phi) is 3680. The molecule has 0 spiro atoms. The van der Waals surface area contributed by atoms with Crippen LogP contribution in [0.1, 0.15) is 7.43 Å². The van der Waals surface area contributed by atoms with Crippen LogP contribution < -0.4 is 0 Å². The van der Waals surface area contributed by atoms with Crippen molar-refractivity contribution in [2.24, 2.45) is 0 Å². The monoisotopic (exact) mass is 413 g/mol. The van der Waals surface area contributed by atoms with Gasteiger partial charge in [0.05, 0.1) is 0 Å². The molecule has 3 N–H and O–H groups in total. The largest absolute Gasteiger partial charge is 3.00 e. The van der Waals surface area contributed by atoms with Crippen LogP contribution in [0.4, 0.5) is 0 Å². The summed E-state index contributed by atoms with van der Waals surface area (Å²) in [6.45, 7) is 0. The van der Waals surface area contributed by atoms with E-state index in [2.05, 4.69) is 0 Å². The zero-order chi connectivity index (χ0) is 2.00. The van der Waals surface area contributed by atoms with Gasteiger partial charge in [0.1, 0.15) is 0 Å². The van der Waals surface area contributed by atoms with E-state index in [1.165, 1.54) is 0 Å². The predicted molar refractivity (Wildman–Crippen MR) is 19.0 cm³/mol. The van der Waals surface area contributed by atoms with Crippen molar-refractivity contribution < 1.29 is 113 Å². The second-order valence-electron chi connectivity index (χ2n) is 0. The van der Waals surface area contributed by atoms with E-state index in [-0.39, 0.29) is 121 Å². The van der Waals surface area contributed by atoms with Crippen molar-refractivity contribution >= 4 is 0 Å². The molecule has 3 radical (unpaired) electrons. The molecular formula is CH7Mn6O4+14. The smallest absolute Gasteiger partial charge is 0.870 e.